The molecule has 14 heavy (non-hydrogen) atoms. The summed E-state index contributed by atoms with van der Waals surface area (Å²) in [5.74, 6) is 5.35. The van der Waals surface area contributed by atoms with E-state index in [4.69, 9.17) is 5.84 Å². The summed E-state index contributed by atoms with van der Waals surface area (Å²) in [4.78, 5) is 0. The maximum absolute atomic E-state index is 5.35. The van der Waals surface area contributed by atoms with Crippen LogP contribution in [0.15, 0.2) is 29.4 Å². The normalized spacial score (nSPS) is 27.3. The third kappa shape index (κ3) is 3.02. The standard InChI is InChI=1S/C12H20N2/c1-11(2)6-5-10(14-13)9-12(3,4)8-7-11/h5-8H,9,13H2,1-4H3/b6-5?,8-7?,14-10-. The van der Waals surface area contributed by atoms with E-state index in [9.17, 15) is 0 Å². The van der Waals surface area contributed by atoms with Gasteiger partial charge in [-0.1, -0.05) is 45.9 Å². The van der Waals surface area contributed by atoms with Gasteiger partial charge in [0.25, 0.3) is 0 Å². The van der Waals surface area contributed by atoms with Gasteiger partial charge in [0.05, 0.1) is 5.71 Å². The Morgan fingerprint density at radius 1 is 1.14 bits per heavy atom. The molecule has 1 rings (SSSR count). The molecule has 1 aliphatic carbocycles. The molecule has 2 nitrogen and oxygen atoms in total. The molecule has 78 valence electrons. The molecule has 0 aromatic carbocycles. The lowest BCUT2D eigenvalue weighted by Crippen LogP contribution is -2.18. The first-order valence-electron chi connectivity index (χ1n) is 5.01. The number of rotatable bonds is 0. The number of hydrogen-bond acceptors (Lipinski definition) is 2. The molecule has 2 N–H and O–H groups in total. The highest BCUT2D eigenvalue weighted by molar-refractivity contribution is 5.95. The summed E-state index contributed by atoms with van der Waals surface area (Å²) in [5, 5.41) is 3.81. The minimum absolute atomic E-state index is 0.0909. The second kappa shape index (κ2) is 3.60. The van der Waals surface area contributed by atoms with Gasteiger partial charge in [-0.25, -0.2) is 0 Å². The molecule has 1 aliphatic rings. The SMILES string of the molecule is CC1(C)C=C/C(=N/N)CC(C)(C)C=C1. The van der Waals surface area contributed by atoms with Crippen molar-refractivity contribution in [3.63, 3.8) is 0 Å². The first-order chi connectivity index (χ1) is 6.35. The number of nitrogens with two attached hydrogens (primary N) is 1. The Labute approximate surface area is 86.6 Å². The lowest BCUT2D eigenvalue weighted by molar-refractivity contribution is 0.488. The minimum atomic E-state index is 0.0909. The number of nitrogens with zero attached hydrogens (tertiary/aromatic N) is 1. The number of hydrazone groups is 1. The zero-order chi connectivity index (χ0) is 10.8. The van der Waals surface area contributed by atoms with Gasteiger partial charge < -0.3 is 5.84 Å². The quantitative estimate of drug-likeness (QED) is 0.358. The van der Waals surface area contributed by atoms with Gasteiger partial charge in [0, 0.05) is 5.41 Å². The molecular weight excluding hydrogens is 172 g/mol. The second-order valence-electron chi connectivity index (χ2n) is 5.27. The molecule has 0 bridgehead atoms. The average molecular weight is 192 g/mol. The summed E-state index contributed by atoms with van der Waals surface area (Å²) in [6.07, 6.45) is 9.57. The molecule has 0 spiro atoms. The van der Waals surface area contributed by atoms with Crippen LogP contribution in [0.1, 0.15) is 34.1 Å². The van der Waals surface area contributed by atoms with Crippen molar-refractivity contribution in [2.24, 2.45) is 21.8 Å². The van der Waals surface area contributed by atoms with E-state index in [0.29, 0.717) is 0 Å². The number of hydrogen-bond donors (Lipinski definition) is 1. The van der Waals surface area contributed by atoms with Crippen molar-refractivity contribution < 1.29 is 0 Å². The molecule has 0 saturated carbocycles. The molecule has 0 radical (unpaired) electrons. The summed E-state index contributed by atoms with van der Waals surface area (Å²) >= 11 is 0. The van der Waals surface area contributed by atoms with Crippen molar-refractivity contribution in [2.45, 2.75) is 34.1 Å². The molecule has 0 aromatic heterocycles. The van der Waals surface area contributed by atoms with Crippen LogP contribution in [0.25, 0.3) is 0 Å². The van der Waals surface area contributed by atoms with Crippen molar-refractivity contribution in [2.75, 3.05) is 0 Å². The summed E-state index contributed by atoms with van der Waals surface area (Å²) in [6, 6.07) is 0. The monoisotopic (exact) mass is 192 g/mol. The van der Waals surface area contributed by atoms with E-state index in [0.717, 1.165) is 12.1 Å². The molecule has 0 unspecified atom stereocenters. The predicted octanol–water partition coefficient (Wildman–Crippen LogP) is 2.87. The smallest absolute Gasteiger partial charge is 0.0606 e. The molecule has 0 atom stereocenters. The van der Waals surface area contributed by atoms with Crippen molar-refractivity contribution in [1.82, 2.24) is 0 Å². The maximum atomic E-state index is 5.35. The molecule has 0 aliphatic heterocycles. The van der Waals surface area contributed by atoms with Gasteiger partial charge in [-0.05, 0) is 17.9 Å². The van der Waals surface area contributed by atoms with Crippen LogP contribution in [0, 0.1) is 10.8 Å². The Kier molecular flexibility index (Phi) is 2.84. The Balaban J connectivity index is 3.03. The fourth-order valence-electron chi connectivity index (χ4n) is 1.48. The highest BCUT2D eigenvalue weighted by atomic mass is 15.1. The zero-order valence-corrected chi connectivity index (χ0v) is 9.54. The van der Waals surface area contributed by atoms with Crippen LogP contribution in [0.5, 0.6) is 0 Å². The molecule has 0 aromatic rings. The van der Waals surface area contributed by atoms with Crippen LogP contribution in [-0.4, -0.2) is 5.71 Å². The topological polar surface area (TPSA) is 38.4 Å². The van der Waals surface area contributed by atoms with Crippen LogP contribution >= 0.6 is 0 Å². The third-order valence-corrected chi connectivity index (χ3v) is 2.47. The number of allylic oxidation sites excluding steroid dienone is 4. The van der Waals surface area contributed by atoms with E-state index in [-0.39, 0.29) is 10.8 Å². The van der Waals surface area contributed by atoms with Crippen LogP contribution in [0.4, 0.5) is 0 Å². The summed E-state index contributed by atoms with van der Waals surface area (Å²) < 4.78 is 0. The molecule has 0 heterocycles. The van der Waals surface area contributed by atoms with Crippen molar-refractivity contribution in [3.8, 4) is 0 Å². The summed E-state index contributed by atoms with van der Waals surface area (Å²) in [5.41, 5.74) is 1.20. The Morgan fingerprint density at radius 2 is 1.79 bits per heavy atom. The minimum Gasteiger partial charge on any atom is -0.323 e. The first-order valence-corrected chi connectivity index (χ1v) is 5.01. The van der Waals surface area contributed by atoms with Crippen molar-refractivity contribution in [3.05, 3.63) is 24.3 Å². The van der Waals surface area contributed by atoms with Gasteiger partial charge in [-0.2, -0.15) is 5.10 Å². The van der Waals surface area contributed by atoms with Gasteiger partial charge in [0.1, 0.15) is 0 Å². The van der Waals surface area contributed by atoms with Crippen LogP contribution < -0.4 is 5.84 Å². The second-order valence-corrected chi connectivity index (χ2v) is 5.27. The van der Waals surface area contributed by atoms with E-state index in [1.165, 1.54) is 0 Å². The fourth-order valence-corrected chi connectivity index (χ4v) is 1.48. The molecule has 0 saturated heterocycles. The average Bonchev–Trinajstić information content (AvgIpc) is 2.08. The maximum Gasteiger partial charge on any atom is 0.0606 e. The highest BCUT2D eigenvalue weighted by Gasteiger charge is 2.21. The lowest BCUT2D eigenvalue weighted by atomic mass is 9.80. The Bertz CT molecular complexity index is 293. The molecule has 0 fully saturated rings. The van der Waals surface area contributed by atoms with E-state index in [1.807, 2.05) is 6.08 Å². The van der Waals surface area contributed by atoms with E-state index < -0.39 is 0 Å². The van der Waals surface area contributed by atoms with E-state index in [2.05, 4.69) is 51.0 Å². The summed E-state index contributed by atoms with van der Waals surface area (Å²) in [7, 11) is 0. The Morgan fingerprint density at radius 3 is 2.36 bits per heavy atom. The zero-order valence-electron chi connectivity index (χ0n) is 9.54. The van der Waals surface area contributed by atoms with Crippen molar-refractivity contribution in [1.29, 1.82) is 0 Å². The van der Waals surface area contributed by atoms with Crippen LogP contribution in [0.3, 0.4) is 0 Å². The van der Waals surface area contributed by atoms with Gasteiger partial charge in [0.2, 0.25) is 0 Å². The van der Waals surface area contributed by atoms with E-state index >= 15 is 0 Å². The molecular formula is C12H20N2. The van der Waals surface area contributed by atoms with Crippen molar-refractivity contribution >= 4 is 5.71 Å². The highest BCUT2D eigenvalue weighted by Crippen LogP contribution is 2.30. The summed E-state index contributed by atoms with van der Waals surface area (Å²) in [6.45, 7) is 8.75. The van der Waals surface area contributed by atoms with Crippen LogP contribution in [0.2, 0.25) is 0 Å². The molecule has 2 heteroatoms. The van der Waals surface area contributed by atoms with Gasteiger partial charge in [0.15, 0.2) is 0 Å². The van der Waals surface area contributed by atoms with Gasteiger partial charge in [-0.3, -0.25) is 0 Å². The predicted molar refractivity (Wildman–Crippen MR) is 62.1 cm³/mol. The Hall–Kier alpha value is -1.05. The lowest BCUT2D eigenvalue weighted by Gasteiger charge is -2.25. The fraction of sp³-hybridized carbons (Fsp3) is 0.583. The third-order valence-electron chi connectivity index (χ3n) is 2.47. The van der Waals surface area contributed by atoms with E-state index in [1.54, 1.807) is 0 Å². The molecule has 0 amide bonds. The van der Waals surface area contributed by atoms with Crippen LogP contribution in [-0.2, 0) is 0 Å². The largest absolute Gasteiger partial charge is 0.323 e. The van der Waals surface area contributed by atoms with Gasteiger partial charge in [-0.15, -0.1) is 0 Å². The first kappa shape index (κ1) is 11.0. The van der Waals surface area contributed by atoms with Gasteiger partial charge >= 0.3 is 0 Å².